The van der Waals surface area contributed by atoms with E-state index in [0.29, 0.717) is 25.5 Å². The summed E-state index contributed by atoms with van der Waals surface area (Å²) < 4.78 is 5.50. The molecule has 0 radical (unpaired) electrons. The number of anilines is 1. The number of benzene rings is 1. The monoisotopic (exact) mass is 622 g/mol. The van der Waals surface area contributed by atoms with Gasteiger partial charge in [0.05, 0.1) is 18.6 Å². The van der Waals surface area contributed by atoms with Gasteiger partial charge in [-0.3, -0.25) is 19.5 Å². The van der Waals surface area contributed by atoms with E-state index in [1.807, 2.05) is 61.5 Å². The minimum absolute atomic E-state index is 0.0149. The number of ether oxygens (including phenoxy) is 1. The molecule has 0 aliphatic carbocycles. The summed E-state index contributed by atoms with van der Waals surface area (Å²) in [5.41, 5.74) is 5.22. The number of fused-ring (bicyclic) bond motifs is 1. The van der Waals surface area contributed by atoms with Crippen molar-refractivity contribution in [3.63, 3.8) is 0 Å². The number of amides is 1. The number of pyridine rings is 1. The number of hydrogen-bond acceptors (Lipinski definition) is 9. The van der Waals surface area contributed by atoms with Gasteiger partial charge in [-0.1, -0.05) is 30.3 Å². The van der Waals surface area contributed by atoms with E-state index < -0.39 is 0 Å². The number of ketones is 1. The number of aromatic amines is 1. The fourth-order valence-electron chi connectivity index (χ4n) is 6.11. The van der Waals surface area contributed by atoms with Gasteiger partial charge in [-0.25, -0.2) is 9.97 Å². The average molecular weight is 623 g/mol. The van der Waals surface area contributed by atoms with Gasteiger partial charge < -0.3 is 24.8 Å². The van der Waals surface area contributed by atoms with E-state index in [2.05, 4.69) is 41.1 Å². The smallest absolute Gasteiger partial charge is 0.243 e. The first kappa shape index (κ1) is 31.5. The highest BCUT2D eigenvalue weighted by molar-refractivity contribution is 5.96. The number of Topliss-reactive ketones (excluding diaryl/α,β-unsaturated/α-hetero) is 1. The number of rotatable bonds is 11. The third kappa shape index (κ3) is 8.03. The minimum Gasteiger partial charge on any atom is -0.378 e. The molecule has 6 rings (SSSR count). The van der Waals surface area contributed by atoms with Crippen molar-refractivity contribution in [2.24, 2.45) is 0 Å². The second-order valence-electron chi connectivity index (χ2n) is 12.3. The first-order valence-electron chi connectivity index (χ1n) is 16.0. The molecule has 0 bridgehead atoms. The van der Waals surface area contributed by atoms with Crippen LogP contribution in [0.3, 0.4) is 0 Å². The van der Waals surface area contributed by atoms with Crippen molar-refractivity contribution in [2.45, 2.75) is 31.8 Å². The van der Waals surface area contributed by atoms with Gasteiger partial charge in [-0.05, 0) is 68.4 Å². The molecule has 1 amide bonds. The number of carbonyl (C=O) groups is 2. The Kier molecular flexibility index (Phi) is 10.1. The lowest BCUT2D eigenvalue weighted by atomic mass is 10.0. The summed E-state index contributed by atoms with van der Waals surface area (Å²) in [6.45, 7) is 6.18. The predicted molar refractivity (Wildman–Crippen MR) is 179 cm³/mol. The van der Waals surface area contributed by atoms with Crippen LogP contribution < -0.4 is 10.2 Å². The molecule has 2 saturated heterocycles. The highest BCUT2D eigenvalue weighted by Crippen LogP contribution is 2.29. The topological polar surface area (TPSA) is 120 Å². The van der Waals surface area contributed by atoms with Gasteiger partial charge in [-0.15, -0.1) is 0 Å². The zero-order valence-electron chi connectivity index (χ0n) is 26.6. The van der Waals surface area contributed by atoms with Crippen molar-refractivity contribution in [1.82, 2.24) is 35.1 Å². The average Bonchev–Trinajstić information content (AvgIpc) is 3.50. The number of aromatic nitrogens is 4. The van der Waals surface area contributed by atoms with E-state index in [9.17, 15) is 9.59 Å². The van der Waals surface area contributed by atoms with E-state index in [0.717, 1.165) is 84.8 Å². The van der Waals surface area contributed by atoms with Crippen molar-refractivity contribution >= 4 is 28.5 Å². The standard InChI is InChI=1S/C35H42N8O3/c1-41(2)13-4-6-33(45)39-28-5-3-14-42(23-28)22-26-11-12-36-31(19-26)32(44)20-25-7-9-27(10-8-25)30-21-29-34(40-30)37-24-38-35(29)43-15-17-46-18-16-43/h4,6-12,19,21,24,28H,3,5,13-18,20,22-23H2,1-2H3,(H,39,45)(H,37,38,40)/b6-4+. The quantitative estimate of drug-likeness (QED) is 0.191. The summed E-state index contributed by atoms with van der Waals surface area (Å²) in [5, 5.41) is 4.12. The number of hydrogen-bond donors (Lipinski definition) is 2. The summed E-state index contributed by atoms with van der Waals surface area (Å²) >= 11 is 0. The molecule has 11 heteroatoms. The Bertz CT molecular complexity index is 1680. The van der Waals surface area contributed by atoms with Crippen LogP contribution in [0.2, 0.25) is 0 Å². The number of piperidine rings is 1. The molecule has 2 N–H and O–H groups in total. The van der Waals surface area contributed by atoms with Crippen LogP contribution in [0.1, 0.15) is 34.5 Å². The molecule has 1 atom stereocenters. The van der Waals surface area contributed by atoms with Crippen molar-refractivity contribution in [3.05, 3.63) is 84.0 Å². The SMILES string of the molecule is CN(C)C/C=C/C(=O)NC1CCCN(Cc2ccnc(C(=O)Cc3ccc(-c4cc5c(N6CCOCC6)ncnc5[nH]4)cc3)c2)C1. The first-order chi connectivity index (χ1) is 22.4. The van der Waals surface area contributed by atoms with Crippen LogP contribution in [0.15, 0.2) is 67.1 Å². The van der Waals surface area contributed by atoms with Gasteiger partial charge in [0.15, 0.2) is 5.78 Å². The molecule has 0 saturated carbocycles. The zero-order valence-corrected chi connectivity index (χ0v) is 26.6. The van der Waals surface area contributed by atoms with E-state index in [-0.39, 0.29) is 24.2 Å². The Morgan fingerprint density at radius 3 is 2.67 bits per heavy atom. The Hall–Kier alpha value is -4.45. The van der Waals surface area contributed by atoms with E-state index >= 15 is 0 Å². The molecular formula is C35H42N8O3. The second kappa shape index (κ2) is 14.8. The number of carbonyl (C=O) groups excluding carboxylic acids is 2. The minimum atomic E-state index is -0.0490. The van der Waals surface area contributed by atoms with Gasteiger partial charge >= 0.3 is 0 Å². The van der Waals surface area contributed by atoms with Crippen molar-refractivity contribution in [1.29, 1.82) is 0 Å². The van der Waals surface area contributed by atoms with Crippen molar-refractivity contribution < 1.29 is 14.3 Å². The molecule has 11 nitrogen and oxygen atoms in total. The Balaban J connectivity index is 1.05. The molecule has 46 heavy (non-hydrogen) atoms. The van der Waals surface area contributed by atoms with E-state index in [1.165, 1.54) is 0 Å². The van der Waals surface area contributed by atoms with Crippen LogP contribution in [0.4, 0.5) is 5.82 Å². The Morgan fingerprint density at radius 1 is 1.04 bits per heavy atom. The van der Waals surface area contributed by atoms with E-state index in [4.69, 9.17) is 4.74 Å². The second-order valence-corrected chi connectivity index (χ2v) is 12.3. The summed E-state index contributed by atoms with van der Waals surface area (Å²) in [6, 6.07) is 14.1. The Labute approximate surface area is 269 Å². The normalized spacial score (nSPS) is 17.6. The van der Waals surface area contributed by atoms with Crippen LogP contribution in [0.5, 0.6) is 0 Å². The summed E-state index contributed by atoms with van der Waals surface area (Å²) in [6.07, 6.45) is 9.06. The maximum absolute atomic E-state index is 13.3. The van der Waals surface area contributed by atoms with Crippen LogP contribution in [0.25, 0.3) is 22.3 Å². The number of nitrogens with zero attached hydrogens (tertiary/aromatic N) is 6. The molecule has 2 fully saturated rings. The maximum atomic E-state index is 13.3. The number of likely N-dealkylation sites (tertiary alicyclic amines) is 1. The number of H-pyrrole nitrogens is 1. The van der Waals surface area contributed by atoms with Gasteiger partial charge in [0, 0.05) is 63.2 Å². The third-order valence-electron chi connectivity index (χ3n) is 8.45. The fraction of sp³-hybridized carbons (Fsp3) is 0.400. The third-order valence-corrected chi connectivity index (χ3v) is 8.45. The molecule has 4 aromatic rings. The summed E-state index contributed by atoms with van der Waals surface area (Å²) in [5.74, 6) is 0.856. The molecule has 2 aliphatic heterocycles. The highest BCUT2D eigenvalue weighted by atomic mass is 16.5. The fourth-order valence-corrected chi connectivity index (χ4v) is 6.11. The molecule has 2 aliphatic rings. The first-order valence-corrected chi connectivity index (χ1v) is 16.0. The van der Waals surface area contributed by atoms with E-state index in [1.54, 1.807) is 18.6 Å². The lowest BCUT2D eigenvalue weighted by Crippen LogP contribution is -2.47. The number of morpholine rings is 1. The van der Waals surface area contributed by atoms with Crippen molar-refractivity contribution in [3.8, 4) is 11.3 Å². The summed E-state index contributed by atoms with van der Waals surface area (Å²) in [4.78, 5) is 49.0. The van der Waals surface area contributed by atoms with Gasteiger partial charge in [0.2, 0.25) is 5.91 Å². The van der Waals surface area contributed by atoms with Crippen LogP contribution in [0, 0.1) is 0 Å². The lowest BCUT2D eigenvalue weighted by Gasteiger charge is -2.33. The summed E-state index contributed by atoms with van der Waals surface area (Å²) in [7, 11) is 3.95. The van der Waals surface area contributed by atoms with Crippen LogP contribution >= 0.6 is 0 Å². The number of likely N-dealkylation sites (N-methyl/N-ethyl adjacent to an activating group) is 1. The van der Waals surface area contributed by atoms with Gasteiger partial charge in [-0.2, -0.15) is 0 Å². The van der Waals surface area contributed by atoms with Gasteiger partial charge in [0.1, 0.15) is 23.5 Å². The molecule has 3 aromatic heterocycles. The lowest BCUT2D eigenvalue weighted by molar-refractivity contribution is -0.117. The molecule has 1 aromatic carbocycles. The van der Waals surface area contributed by atoms with Crippen LogP contribution in [-0.2, 0) is 22.5 Å². The molecule has 0 spiro atoms. The number of nitrogens with one attached hydrogen (secondary N) is 2. The maximum Gasteiger partial charge on any atom is 0.243 e. The zero-order chi connectivity index (χ0) is 31.9. The Morgan fingerprint density at radius 2 is 1.87 bits per heavy atom. The predicted octanol–water partition coefficient (Wildman–Crippen LogP) is 3.48. The van der Waals surface area contributed by atoms with Crippen molar-refractivity contribution in [2.75, 3.05) is 64.9 Å². The van der Waals surface area contributed by atoms with Crippen LogP contribution in [-0.4, -0.2) is 108 Å². The largest absolute Gasteiger partial charge is 0.378 e. The molecular weight excluding hydrogens is 580 g/mol. The molecule has 240 valence electrons. The van der Waals surface area contributed by atoms with Gasteiger partial charge in [0.25, 0.3) is 0 Å². The molecule has 1 unspecified atom stereocenters. The molecule has 5 heterocycles. The highest BCUT2D eigenvalue weighted by Gasteiger charge is 2.22.